The van der Waals surface area contributed by atoms with Crippen LogP contribution in [0, 0.1) is 26.7 Å². The van der Waals surface area contributed by atoms with Gasteiger partial charge in [-0.3, -0.25) is 14.6 Å². The molecule has 2 N–H and O–H groups in total. The number of rotatable bonds is 4. The highest BCUT2D eigenvalue weighted by Crippen LogP contribution is 2.37. The van der Waals surface area contributed by atoms with Gasteiger partial charge in [-0.05, 0) is 27.2 Å². The maximum atomic E-state index is 12.6. The lowest BCUT2D eigenvalue weighted by Crippen LogP contribution is -2.32. The molecule has 0 radical (unpaired) electrons. The lowest BCUT2D eigenvalue weighted by Gasteiger charge is -2.19. The third kappa shape index (κ3) is 2.88. The van der Waals surface area contributed by atoms with E-state index in [0.717, 1.165) is 34.6 Å². The molecule has 0 aliphatic carbocycles. The molecule has 2 atom stereocenters. The van der Waals surface area contributed by atoms with Gasteiger partial charge in [-0.25, -0.2) is 0 Å². The zero-order chi connectivity index (χ0) is 16.6. The van der Waals surface area contributed by atoms with Crippen molar-refractivity contribution >= 4 is 5.91 Å². The SMILES string of the molecule is Cc1nn(C)c(C)c1[C@H]1OCC[C@@H]1C(=O)NCc1cn[nH]c1C. The van der Waals surface area contributed by atoms with Gasteiger partial charge in [0.05, 0.1) is 23.9 Å². The highest BCUT2D eigenvalue weighted by molar-refractivity contribution is 5.79. The maximum Gasteiger partial charge on any atom is 0.226 e. The van der Waals surface area contributed by atoms with Gasteiger partial charge in [0.25, 0.3) is 0 Å². The fraction of sp³-hybridized carbons (Fsp3) is 0.562. The summed E-state index contributed by atoms with van der Waals surface area (Å²) in [6.45, 7) is 7.00. The Morgan fingerprint density at radius 2 is 2.26 bits per heavy atom. The van der Waals surface area contributed by atoms with Crippen LogP contribution in [0.5, 0.6) is 0 Å². The van der Waals surface area contributed by atoms with Crippen LogP contribution in [0.2, 0.25) is 0 Å². The van der Waals surface area contributed by atoms with Crippen LogP contribution in [0.4, 0.5) is 0 Å². The van der Waals surface area contributed by atoms with Gasteiger partial charge >= 0.3 is 0 Å². The first-order valence-corrected chi connectivity index (χ1v) is 7.87. The van der Waals surface area contributed by atoms with Crippen molar-refractivity contribution in [2.75, 3.05) is 6.61 Å². The number of aromatic nitrogens is 4. The molecule has 7 nitrogen and oxygen atoms in total. The van der Waals surface area contributed by atoms with Crippen LogP contribution in [-0.2, 0) is 23.1 Å². The number of H-pyrrole nitrogens is 1. The normalized spacial score (nSPS) is 20.9. The van der Waals surface area contributed by atoms with Gasteiger partial charge in [-0.15, -0.1) is 0 Å². The Labute approximate surface area is 135 Å². The van der Waals surface area contributed by atoms with Crippen molar-refractivity contribution in [1.82, 2.24) is 25.3 Å². The number of hydrogen-bond donors (Lipinski definition) is 2. The highest BCUT2D eigenvalue weighted by Gasteiger charge is 2.38. The van der Waals surface area contributed by atoms with Crippen molar-refractivity contribution in [2.24, 2.45) is 13.0 Å². The molecule has 1 aliphatic heterocycles. The Kier molecular flexibility index (Phi) is 4.21. The number of amides is 1. The second kappa shape index (κ2) is 6.16. The van der Waals surface area contributed by atoms with Crippen molar-refractivity contribution < 1.29 is 9.53 Å². The summed E-state index contributed by atoms with van der Waals surface area (Å²) in [6, 6.07) is 0. The predicted octanol–water partition coefficient (Wildman–Crippen LogP) is 1.46. The predicted molar refractivity (Wildman–Crippen MR) is 84.7 cm³/mol. The molecule has 1 amide bonds. The third-order valence-electron chi connectivity index (χ3n) is 4.67. The van der Waals surface area contributed by atoms with Gasteiger partial charge in [0, 0.05) is 42.7 Å². The van der Waals surface area contributed by atoms with Gasteiger partial charge in [0.15, 0.2) is 0 Å². The molecule has 0 aromatic carbocycles. The van der Waals surface area contributed by atoms with Crippen LogP contribution in [0.15, 0.2) is 6.20 Å². The molecule has 7 heteroatoms. The van der Waals surface area contributed by atoms with Crippen LogP contribution in [-0.4, -0.2) is 32.5 Å². The average Bonchev–Trinajstić information content (AvgIpc) is 3.19. The van der Waals surface area contributed by atoms with E-state index in [1.165, 1.54) is 0 Å². The number of ether oxygens (including phenoxy) is 1. The van der Waals surface area contributed by atoms with E-state index in [4.69, 9.17) is 4.74 Å². The van der Waals surface area contributed by atoms with E-state index >= 15 is 0 Å². The molecule has 23 heavy (non-hydrogen) atoms. The number of aromatic amines is 1. The van der Waals surface area contributed by atoms with Gasteiger partial charge < -0.3 is 10.1 Å². The number of nitrogens with one attached hydrogen (secondary N) is 2. The first kappa shape index (κ1) is 15.7. The minimum Gasteiger partial charge on any atom is -0.373 e. The molecule has 1 saturated heterocycles. The molecule has 3 rings (SSSR count). The lowest BCUT2D eigenvalue weighted by molar-refractivity contribution is -0.127. The Bertz CT molecular complexity index is 718. The van der Waals surface area contributed by atoms with Gasteiger partial charge in [-0.1, -0.05) is 0 Å². The maximum absolute atomic E-state index is 12.6. The Balaban J connectivity index is 1.73. The second-order valence-electron chi connectivity index (χ2n) is 6.13. The van der Waals surface area contributed by atoms with Crippen molar-refractivity contribution in [3.05, 3.63) is 34.4 Å². The fourth-order valence-corrected chi connectivity index (χ4v) is 3.21. The van der Waals surface area contributed by atoms with E-state index in [1.807, 2.05) is 32.5 Å². The molecule has 0 spiro atoms. The van der Waals surface area contributed by atoms with E-state index in [0.29, 0.717) is 13.2 Å². The molecular weight excluding hydrogens is 294 g/mol. The zero-order valence-corrected chi connectivity index (χ0v) is 14.0. The number of hydrogen-bond acceptors (Lipinski definition) is 4. The molecule has 2 aromatic rings. The standard InChI is InChI=1S/C16H23N5O2/c1-9-12(8-18-19-9)7-17-16(22)13-5-6-23-15(13)14-10(2)20-21(4)11(14)3/h8,13,15H,5-7H2,1-4H3,(H,17,22)(H,18,19)/t13-,15-/m0/s1. The summed E-state index contributed by atoms with van der Waals surface area (Å²) in [6.07, 6.45) is 2.26. The molecule has 0 bridgehead atoms. The van der Waals surface area contributed by atoms with Crippen LogP contribution in [0.25, 0.3) is 0 Å². The summed E-state index contributed by atoms with van der Waals surface area (Å²) in [5.74, 6) is -0.153. The Morgan fingerprint density at radius 1 is 1.48 bits per heavy atom. The van der Waals surface area contributed by atoms with Crippen molar-refractivity contribution in [3.63, 3.8) is 0 Å². The topological polar surface area (TPSA) is 84.8 Å². The van der Waals surface area contributed by atoms with Crippen LogP contribution in [0.3, 0.4) is 0 Å². The minimum absolute atomic E-state index is 0.0238. The number of nitrogens with zero attached hydrogens (tertiary/aromatic N) is 3. The van der Waals surface area contributed by atoms with E-state index in [-0.39, 0.29) is 17.9 Å². The largest absolute Gasteiger partial charge is 0.373 e. The molecule has 1 fully saturated rings. The van der Waals surface area contributed by atoms with Crippen molar-refractivity contribution in [2.45, 2.75) is 39.8 Å². The summed E-state index contributed by atoms with van der Waals surface area (Å²) in [4.78, 5) is 12.6. The Hall–Kier alpha value is -2.15. The quantitative estimate of drug-likeness (QED) is 0.894. The lowest BCUT2D eigenvalue weighted by atomic mass is 9.93. The summed E-state index contributed by atoms with van der Waals surface area (Å²) in [7, 11) is 1.91. The zero-order valence-electron chi connectivity index (χ0n) is 14.0. The van der Waals surface area contributed by atoms with Gasteiger partial charge in [-0.2, -0.15) is 10.2 Å². The summed E-state index contributed by atoms with van der Waals surface area (Å²) >= 11 is 0. The monoisotopic (exact) mass is 317 g/mol. The number of aryl methyl sites for hydroxylation is 3. The fourth-order valence-electron chi connectivity index (χ4n) is 3.21. The number of carbonyl (C=O) groups is 1. The molecule has 124 valence electrons. The number of carbonyl (C=O) groups excluding carboxylic acids is 1. The van der Waals surface area contributed by atoms with Crippen LogP contribution in [0.1, 0.15) is 40.7 Å². The summed E-state index contributed by atoms with van der Waals surface area (Å²) < 4.78 is 7.72. The third-order valence-corrected chi connectivity index (χ3v) is 4.67. The molecule has 0 saturated carbocycles. The van der Waals surface area contributed by atoms with Crippen LogP contribution >= 0.6 is 0 Å². The van der Waals surface area contributed by atoms with E-state index < -0.39 is 0 Å². The summed E-state index contributed by atoms with van der Waals surface area (Å²) in [5, 5.41) is 14.3. The average molecular weight is 317 g/mol. The van der Waals surface area contributed by atoms with Crippen LogP contribution < -0.4 is 5.32 Å². The molecular formula is C16H23N5O2. The van der Waals surface area contributed by atoms with E-state index in [2.05, 4.69) is 20.6 Å². The van der Waals surface area contributed by atoms with Crippen molar-refractivity contribution in [3.8, 4) is 0 Å². The molecule has 2 aromatic heterocycles. The van der Waals surface area contributed by atoms with Gasteiger partial charge in [0.2, 0.25) is 5.91 Å². The molecule has 0 unspecified atom stereocenters. The van der Waals surface area contributed by atoms with E-state index in [9.17, 15) is 4.79 Å². The van der Waals surface area contributed by atoms with Crippen molar-refractivity contribution in [1.29, 1.82) is 0 Å². The minimum atomic E-state index is -0.214. The highest BCUT2D eigenvalue weighted by atomic mass is 16.5. The second-order valence-corrected chi connectivity index (χ2v) is 6.13. The summed E-state index contributed by atoms with van der Waals surface area (Å²) in [5.41, 5.74) is 5.01. The first-order chi connectivity index (χ1) is 11.0. The first-order valence-electron chi connectivity index (χ1n) is 7.87. The van der Waals surface area contributed by atoms with E-state index in [1.54, 1.807) is 6.20 Å². The Morgan fingerprint density at radius 3 is 2.87 bits per heavy atom. The molecule has 1 aliphatic rings. The molecule has 3 heterocycles. The smallest absolute Gasteiger partial charge is 0.226 e. The van der Waals surface area contributed by atoms with Gasteiger partial charge in [0.1, 0.15) is 0 Å².